The second kappa shape index (κ2) is 8.55. The molecule has 2 aliphatic rings. The molecular weight excluding hydrogens is 414 g/mol. The van der Waals surface area contributed by atoms with Crippen molar-refractivity contribution in [3.05, 3.63) is 70.4 Å². The number of aryl methyl sites for hydroxylation is 1. The average Bonchev–Trinajstić information content (AvgIpc) is 2.98. The number of imide groups is 1. The summed E-state index contributed by atoms with van der Waals surface area (Å²) in [6.07, 6.45) is 2.00. The molecule has 0 spiro atoms. The molecular formula is C24H24ClN3O3. The second-order valence-corrected chi connectivity index (χ2v) is 8.48. The number of carbonyl (C=O) groups excluding carboxylic acids is 3. The van der Waals surface area contributed by atoms with Gasteiger partial charge in [-0.15, -0.1) is 0 Å². The Labute approximate surface area is 186 Å². The van der Waals surface area contributed by atoms with Crippen molar-refractivity contribution in [1.82, 2.24) is 4.90 Å². The van der Waals surface area contributed by atoms with Gasteiger partial charge in [0.2, 0.25) is 0 Å². The Morgan fingerprint density at radius 2 is 1.74 bits per heavy atom. The van der Waals surface area contributed by atoms with Gasteiger partial charge in [-0.05, 0) is 55.5 Å². The molecule has 4 rings (SSSR count). The number of amides is 3. The molecule has 0 unspecified atom stereocenters. The van der Waals surface area contributed by atoms with Crippen molar-refractivity contribution < 1.29 is 14.4 Å². The standard InChI is InChI=1S/C24H24ClN3O3/c1-15-10-12-27(13-11-15)22(29)17-7-5-8-18(14-17)26-21-20(25)23(30)28(24(21)31)19-9-4-3-6-16(19)2/h3-9,14-15,26H,10-13H2,1-2H3. The summed E-state index contributed by atoms with van der Waals surface area (Å²) in [5.41, 5.74) is 2.35. The number of rotatable bonds is 4. The van der Waals surface area contributed by atoms with Crippen LogP contribution in [0.3, 0.4) is 0 Å². The molecule has 1 N–H and O–H groups in total. The van der Waals surface area contributed by atoms with E-state index in [4.69, 9.17) is 11.6 Å². The normalized spacial score (nSPS) is 17.5. The van der Waals surface area contributed by atoms with Crippen LogP contribution in [0.4, 0.5) is 11.4 Å². The van der Waals surface area contributed by atoms with Crippen molar-refractivity contribution in [2.45, 2.75) is 26.7 Å². The molecule has 0 aromatic heterocycles. The first-order valence-electron chi connectivity index (χ1n) is 10.4. The zero-order chi connectivity index (χ0) is 22.1. The number of hydrogen-bond acceptors (Lipinski definition) is 4. The summed E-state index contributed by atoms with van der Waals surface area (Å²) in [6.45, 7) is 5.51. The van der Waals surface area contributed by atoms with E-state index in [9.17, 15) is 14.4 Å². The van der Waals surface area contributed by atoms with Gasteiger partial charge in [-0.2, -0.15) is 0 Å². The summed E-state index contributed by atoms with van der Waals surface area (Å²) in [6, 6.07) is 14.1. The van der Waals surface area contributed by atoms with Crippen molar-refractivity contribution in [3.63, 3.8) is 0 Å². The van der Waals surface area contributed by atoms with Crippen LogP contribution in [-0.4, -0.2) is 35.7 Å². The number of benzene rings is 2. The van der Waals surface area contributed by atoms with Crippen LogP contribution in [0.5, 0.6) is 0 Å². The molecule has 7 heteroatoms. The maximum absolute atomic E-state index is 13.0. The Morgan fingerprint density at radius 1 is 1.03 bits per heavy atom. The predicted molar refractivity (Wildman–Crippen MR) is 121 cm³/mol. The maximum atomic E-state index is 13.0. The Hall–Kier alpha value is -3.12. The minimum atomic E-state index is -0.571. The summed E-state index contributed by atoms with van der Waals surface area (Å²) >= 11 is 6.24. The largest absolute Gasteiger partial charge is 0.350 e. The van der Waals surface area contributed by atoms with E-state index in [1.807, 2.05) is 24.0 Å². The average molecular weight is 438 g/mol. The number of anilines is 2. The van der Waals surface area contributed by atoms with Crippen LogP contribution in [0.15, 0.2) is 59.3 Å². The zero-order valence-electron chi connectivity index (χ0n) is 17.5. The van der Waals surface area contributed by atoms with Gasteiger partial charge in [0.25, 0.3) is 17.7 Å². The van der Waals surface area contributed by atoms with Crippen molar-refractivity contribution in [1.29, 1.82) is 0 Å². The van der Waals surface area contributed by atoms with Gasteiger partial charge in [-0.25, -0.2) is 4.90 Å². The SMILES string of the molecule is Cc1ccccc1N1C(=O)C(Cl)=C(Nc2cccc(C(=O)N3CCC(C)CC3)c2)C1=O. The highest BCUT2D eigenvalue weighted by molar-refractivity contribution is 6.53. The van der Waals surface area contributed by atoms with Gasteiger partial charge in [-0.1, -0.05) is 42.8 Å². The quantitative estimate of drug-likeness (QED) is 0.724. The van der Waals surface area contributed by atoms with Gasteiger partial charge in [-0.3, -0.25) is 14.4 Å². The fourth-order valence-corrected chi connectivity index (χ4v) is 4.13. The van der Waals surface area contributed by atoms with Crippen LogP contribution in [0, 0.1) is 12.8 Å². The predicted octanol–water partition coefficient (Wildman–Crippen LogP) is 4.30. The molecule has 0 aliphatic carbocycles. The molecule has 2 aromatic carbocycles. The highest BCUT2D eigenvalue weighted by Gasteiger charge is 2.39. The van der Waals surface area contributed by atoms with Crippen molar-refractivity contribution in [2.24, 2.45) is 5.92 Å². The number of nitrogens with one attached hydrogen (secondary N) is 1. The van der Waals surface area contributed by atoms with E-state index in [1.54, 1.807) is 36.4 Å². The first-order chi connectivity index (χ1) is 14.9. The van der Waals surface area contributed by atoms with E-state index in [-0.39, 0.29) is 16.6 Å². The Kier molecular flexibility index (Phi) is 5.83. The lowest BCUT2D eigenvalue weighted by atomic mass is 9.98. The molecule has 2 heterocycles. The van der Waals surface area contributed by atoms with E-state index < -0.39 is 11.8 Å². The van der Waals surface area contributed by atoms with Crippen LogP contribution in [0.1, 0.15) is 35.7 Å². The molecule has 1 saturated heterocycles. The highest BCUT2D eigenvalue weighted by Crippen LogP contribution is 2.32. The molecule has 0 bridgehead atoms. The number of para-hydroxylation sites is 1. The molecule has 160 valence electrons. The summed E-state index contributed by atoms with van der Waals surface area (Å²) in [5, 5.41) is 2.79. The van der Waals surface area contributed by atoms with E-state index in [2.05, 4.69) is 12.2 Å². The molecule has 0 radical (unpaired) electrons. The van der Waals surface area contributed by atoms with Crippen LogP contribution in [0.25, 0.3) is 0 Å². The number of likely N-dealkylation sites (tertiary alicyclic amines) is 1. The second-order valence-electron chi connectivity index (χ2n) is 8.10. The maximum Gasteiger partial charge on any atom is 0.283 e. The van der Waals surface area contributed by atoms with Crippen LogP contribution in [0.2, 0.25) is 0 Å². The fourth-order valence-electron chi connectivity index (χ4n) is 3.91. The molecule has 31 heavy (non-hydrogen) atoms. The van der Waals surface area contributed by atoms with Gasteiger partial charge in [0.05, 0.1) is 5.69 Å². The number of hydrogen-bond donors (Lipinski definition) is 1. The minimum absolute atomic E-state index is 0.00585. The molecule has 6 nitrogen and oxygen atoms in total. The summed E-state index contributed by atoms with van der Waals surface area (Å²) in [5.74, 6) is -0.497. The minimum Gasteiger partial charge on any atom is -0.350 e. The number of nitrogens with zero attached hydrogens (tertiary/aromatic N) is 2. The first kappa shape index (κ1) is 21.1. The summed E-state index contributed by atoms with van der Waals surface area (Å²) in [7, 11) is 0. The summed E-state index contributed by atoms with van der Waals surface area (Å²) in [4.78, 5) is 41.5. The van der Waals surface area contributed by atoms with Crippen LogP contribution >= 0.6 is 11.6 Å². The lowest BCUT2D eigenvalue weighted by Crippen LogP contribution is -2.37. The first-order valence-corrected chi connectivity index (χ1v) is 10.7. The smallest absolute Gasteiger partial charge is 0.283 e. The lowest BCUT2D eigenvalue weighted by Gasteiger charge is -2.30. The third kappa shape index (κ3) is 4.08. The molecule has 2 aromatic rings. The van der Waals surface area contributed by atoms with Gasteiger partial charge in [0, 0.05) is 24.3 Å². The monoisotopic (exact) mass is 437 g/mol. The fraction of sp³-hybridized carbons (Fsp3) is 0.292. The number of halogens is 1. The molecule has 2 aliphatic heterocycles. The van der Waals surface area contributed by atoms with Gasteiger partial charge in [0.15, 0.2) is 0 Å². The van der Waals surface area contributed by atoms with E-state index in [0.717, 1.165) is 36.4 Å². The number of carbonyl (C=O) groups is 3. The third-order valence-electron chi connectivity index (χ3n) is 5.83. The topological polar surface area (TPSA) is 69.7 Å². The van der Waals surface area contributed by atoms with Crippen molar-refractivity contribution in [3.8, 4) is 0 Å². The molecule has 0 saturated carbocycles. The van der Waals surface area contributed by atoms with E-state index >= 15 is 0 Å². The van der Waals surface area contributed by atoms with Crippen molar-refractivity contribution >= 4 is 40.7 Å². The molecule has 3 amide bonds. The van der Waals surface area contributed by atoms with E-state index in [0.29, 0.717) is 22.9 Å². The van der Waals surface area contributed by atoms with Crippen LogP contribution in [-0.2, 0) is 9.59 Å². The van der Waals surface area contributed by atoms with Crippen LogP contribution < -0.4 is 10.2 Å². The van der Waals surface area contributed by atoms with Gasteiger partial charge in [0.1, 0.15) is 10.7 Å². The molecule has 0 atom stereocenters. The van der Waals surface area contributed by atoms with Gasteiger partial charge < -0.3 is 10.2 Å². The lowest BCUT2D eigenvalue weighted by molar-refractivity contribution is -0.120. The van der Waals surface area contributed by atoms with E-state index in [1.165, 1.54) is 0 Å². The van der Waals surface area contributed by atoms with Gasteiger partial charge >= 0.3 is 0 Å². The zero-order valence-corrected chi connectivity index (χ0v) is 18.3. The highest BCUT2D eigenvalue weighted by atomic mass is 35.5. The van der Waals surface area contributed by atoms with Crippen molar-refractivity contribution in [2.75, 3.05) is 23.3 Å². The molecule has 1 fully saturated rings. The third-order valence-corrected chi connectivity index (χ3v) is 6.18. The Balaban J connectivity index is 1.55. The summed E-state index contributed by atoms with van der Waals surface area (Å²) < 4.78 is 0. The Bertz CT molecular complexity index is 1090. The Morgan fingerprint density at radius 3 is 2.45 bits per heavy atom. The number of piperidine rings is 1.